The summed E-state index contributed by atoms with van der Waals surface area (Å²) >= 11 is 1.78. The van der Waals surface area contributed by atoms with Crippen LogP contribution in [0.15, 0.2) is 0 Å². The molecule has 96 valence electrons. The second-order valence-corrected chi connectivity index (χ2v) is 5.38. The quantitative estimate of drug-likeness (QED) is 0.740. The topological polar surface area (TPSA) is 78.9 Å². The minimum Gasteiger partial charge on any atom is -0.481 e. The number of amides is 1. The number of nitrogens with zero attached hydrogens (tertiary/aromatic N) is 1. The molecule has 0 spiro atoms. The van der Waals surface area contributed by atoms with Crippen molar-refractivity contribution in [2.75, 3.05) is 31.1 Å². The third-order valence-corrected chi connectivity index (χ3v) is 4.04. The van der Waals surface area contributed by atoms with Gasteiger partial charge in [0.2, 0.25) is 0 Å². The maximum absolute atomic E-state index is 10.9. The highest BCUT2D eigenvalue weighted by atomic mass is 32.2. The lowest BCUT2D eigenvalue weighted by Gasteiger charge is -2.35. The van der Waals surface area contributed by atoms with Crippen molar-refractivity contribution in [3.63, 3.8) is 0 Å². The van der Waals surface area contributed by atoms with E-state index in [2.05, 4.69) is 10.2 Å². The number of aliphatic carboxylic acids is 1. The molecule has 0 aliphatic carbocycles. The van der Waals surface area contributed by atoms with E-state index in [4.69, 9.17) is 9.84 Å². The Bertz CT molecular complexity index is 313. The van der Waals surface area contributed by atoms with E-state index < -0.39 is 5.97 Å². The third-order valence-electron chi connectivity index (χ3n) is 2.95. The standard InChI is InChI=1S/C10H16N2O4S/c13-9(14)3-7-6-17-2-1-12(7)5-8-4-11-10(15)16-8/h7-8H,1-6H2,(H,11,15)(H,13,14). The first-order valence-electron chi connectivity index (χ1n) is 5.63. The summed E-state index contributed by atoms with van der Waals surface area (Å²) in [6.07, 6.45) is -0.376. The number of ether oxygens (including phenoxy) is 1. The van der Waals surface area contributed by atoms with Crippen LogP contribution in [0, 0.1) is 0 Å². The molecule has 1 amide bonds. The van der Waals surface area contributed by atoms with E-state index in [1.165, 1.54) is 0 Å². The summed E-state index contributed by atoms with van der Waals surface area (Å²) in [6, 6.07) is 0.0468. The van der Waals surface area contributed by atoms with Crippen LogP contribution in [0.25, 0.3) is 0 Å². The Hall–Kier alpha value is -0.950. The number of carboxylic acid groups (broad SMARTS) is 1. The van der Waals surface area contributed by atoms with Crippen LogP contribution in [0.4, 0.5) is 4.79 Å². The van der Waals surface area contributed by atoms with Gasteiger partial charge in [0.05, 0.1) is 13.0 Å². The number of cyclic esters (lactones) is 1. The van der Waals surface area contributed by atoms with Crippen LogP contribution in [-0.4, -0.2) is 65.4 Å². The number of hydrogen-bond acceptors (Lipinski definition) is 5. The number of hydrogen-bond donors (Lipinski definition) is 2. The lowest BCUT2D eigenvalue weighted by molar-refractivity contribution is -0.138. The molecule has 2 fully saturated rings. The molecule has 0 aromatic rings. The van der Waals surface area contributed by atoms with E-state index in [1.54, 1.807) is 11.8 Å². The Morgan fingerprint density at radius 3 is 3.12 bits per heavy atom. The van der Waals surface area contributed by atoms with Gasteiger partial charge >= 0.3 is 12.1 Å². The van der Waals surface area contributed by atoms with Crippen molar-refractivity contribution in [2.45, 2.75) is 18.6 Å². The van der Waals surface area contributed by atoms with Crippen molar-refractivity contribution < 1.29 is 19.4 Å². The normalized spacial score (nSPS) is 29.8. The predicted octanol–water partition coefficient (Wildman–Crippen LogP) is -0.0131. The van der Waals surface area contributed by atoms with Gasteiger partial charge < -0.3 is 15.2 Å². The maximum Gasteiger partial charge on any atom is 0.407 e. The smallest absolute Gasteiger partial charge is 0.407 e. The van der Waals surface area contributed by atoms with Gasteiger partial charge in [-0.1, -0.05) is 0 Å². The monoisotopic (exact) mass is 260 g/mol. The van der Waals surface area contributed by atoms with Gasteiger partial charge in [0.1, 0.15) is 6.10 Å². The van der Waals surface area contributed by atoms with Gasteiger partial charge in [0.15, 0.2) is 0 Å². The highest BCUT2D eigenvalue weighted by molar-refractivity contribution is 7.99. The molecular formula is C10H16N2O4S. The molecule has 2 unspecified atom stereocenters. The Labute approximate surface area is 104 Å². The molecular weight excluding hydrogens is 244 g/mol. The molecule has 7 heteroatoms. The fraction of sp³-hybridized carbons (Fsp3) is 0.800. The molecule has 0 aromatic carbocycles. The van der Waals surface area contributed by atoms with E-state index >= 15 is 0 Å². The fourth-order valence-corrected chi connectivity index (χ4v) is 3.25. The van der Waals surface area contributed by atoms with Crippen LogP contribution >= 0.6 is 11.8 Å². The lowest BCUT2D eigenvalue weighted by atomic mass is 10.1. The Morgan fingerprint density at radius 2 is 2.47 bits per heavy atom. The van der Waals surface area contributed by atoms with Gasteiger partial charge in [-0.2, -0.15) is 11.8 Å². The summed E-state index contributed by atoms with van der Waals surface area (Å²) in [5.41, 5.74) is 0. The molecule has 0 saturated carbocycles. The second-order valence-electron chi connectivity index (χ2n) is 4.23. The second kappa shape index (κ2) is 5.59. The molecule has 2 aliphatic rings. The number of rotatable bonds is 4. The van der Waals surface area contributed by atoms with E-state index in [-0.39, 0.29) is 24.7 Å². The van der Waals surface area contributed by atoms with Gasteiger partial charge in [-0.3, -0.25) is 9.69 Å². The number of thioether (sulfide) groups is 1. The van der Waals surface area contributed by atoms with E-state index in [0.717, 1.165) is 18.1 Å². The molecule has 2 rings (SSSR count). The number of alkyl carbamates (subject to hydrolysis) is 1. The zero-order valence-corrected chi connectivity index (χ0v) is 10.2. The fourth-order valence-electron chi connectivity index (χ4n) is 2.11. The molecule has 0 radical (unpaired) electrons. The SMILES string of the molecule is O=C(O)CC1CSCCN1CC1CNC(=O)O1. The van der Waals surface area contributed by atoms with Crippen molar-refractivity contribution >= 4 is 23.8 Å². The van der Waals surface area contributed by atoms with Crippen molar-refractivity contribution in [2.24, 2.45) is 0 Å². The van der Waals surface area contributed by atoms with Gasteiger partial charge in [0.25, 0.3) is 0 Å². The molecule has 2 aliphatic heterocycles. The van der Waals surface area contributed by atoms with Crippen LogP contribution in [0.1, 0.15) is 6.42 Å². The lowest BCUT2D eigenvalue weighted by Crippen LogP contribution is -2.47. The molecule has 6 nitrogen and oxygen atoms in total. The average Bonchev–Trinajstić information content (AvgIpc) is 2.66. The van der Waals surface area contributed by atoms with Crippen molar-refractivity contribution in [1.29, 1.82) is 0 Å². The average molecular weight is 260 g/mol. The summed E-state index contributed by atoms with van der Waals surface area (Å²) in [4.78, 5) is 23.8. The number of nitrogens with one attached hydrogen (secondary N) is 1. The Morgan fingerprint density at radius 1 is 1.65 bits per heavy atom. The minimum atomic E-state index is -0.774. The summed E-state index contributed by atoms with van der Waals surface area (Å²) < 4.78 is 5.07. The molecule has 2 atom stereocenters. The van der Waals surface area contributed by atoms with Gasteiger partial charge in [-0.05, 0) is 0 Å². The highest BCUT2D eigenvalue weighted by Crippen LogP contribution is 2.20. The molecule has 2 saturated heterocycles. The highest BCUT2D eigenvalue weighted by Gasteiger charge is 2.30. The van der Waals surface area contributed by atoms with Gasteiger partial charge in [-0.25, -0.2) is 4.79 Å². The van der Waals surface area contributed by atoms with Crippen molar-refractivity contribution in [3.8, 4) is 0 Å². The zero-order valence-electron chi connectivity index (χ0n) is 9.42. The maximum atomic E-state index is 10.9. The van der Waals surface area contributed by atoms with E-state index in [0.29, 0.717) is 13.1 Å². The van der Waals surface area contributed by atoms with Crippen molar-refractivity contribution in [1.82, 2.24) is 10.2 Å². The summed E-state index contributed by atoms with van der Waals surface area (Å²) in [5, 5.41) is 11.5. The minimum absolute atomic E-state index is 0.0468. The molecule has 2 heterocycles. The van der Waals surface area contributed by atoms with E-state index in [1.807, 2.05) is 0 Å². The molecule has 17 heavy (non-hydrogen) atoms. The van der Waals surface area contributed by atoms with Crippen LogP contribution in [0.3, 0.4) is 0 Å². The third kappa shape index (κ3) is 3.50. The zero-order chi connectivity index (χ0) is 12.3. The van der Waals surface area contributed by atoms with Crippen molar-refractivity contribution in [3.05, 3.63) is 0 Å². The molecule has 2 N–H and O–H groups in total. The number of carbonyl (C=O) groups is 2. The van der Waals surface area contributed by atoms with Crippen LogP contribution in [-0.2, 0) is 9.53 Å². The van der Waals surface area contributed by atoms with Crippen LogP contribution in [0.2, 0.25) is 0 Å². The Kier molecular flexibility index (Phi) is 4.11. The molecule has 0 aromatic heterocycles. The Balaban J connectivity index is 1.87. The predicted molar refractivity (Wildman–Crippen MR) is 63.2 cm³/mol. The molecule has 0 bridgehead atoms. The largest absolute Gasteiger partial charge is 0.481 e. The summed E-state index contributed by atoms with van der Waals surface area (Å²) in [5.74, 6) is 1.06. The first kappa shape index (κ1) is 12.5. The van der Waals surface area contributed by atoms with Gasteiger partial charge in [0, 0.05) is 30.6 Å². The number of carboxylic acids is 1. The van der Waals surface area contributed by atoms with Crippen LogP contribution < -0.4 is 5.32 Å². The van der Waals surface area contributed by atoms with E-state index in [9.17, 15) is 9.59 Å². The number of carbonyl (C=O) groups excluding carboxylic acids is 1. The summed E-state index contributed by atoms with van der Waals surface area (Å²) in [7, 11) is 0. The van der Waals surface area contributed by atoms with Gasteiger partial charge in [-0.15, -0.1) is 0 Å². The first-order valence-corrected chi connectivity index (χ1v) is 6.78. The first-order chi connectivity index (χ1) is 8.15. The van der Waals surface area contributed by atoms with Crippen LogP contribution in [0.5, 0.6) is 0 Å². The summed E-state index contributed by atoms with van der Waals surface area (Å²) in [6.45, 7) is 2.00.